The van der Waals surface area contributed by atoms with Gasteiger partial charge in [0.2, 0.25) is 0 Å². The minimum absolute atomic E-state index is 0.105. The molecule has 1 aliphatic rings. The number of hydrogen-bond acceptors (Lipinski definition) is 4. The molecule has 5 nitrogen and oxygen atoms in total. The fraction of sp³-hybridized carbons (Fsp3) is 0.462. The number of carbonyl (C=O) groups excluding carboxylic acids is 1. The van der Waals surface area contributed by atoms with Gasteiger partial charge in [-0.15, -0.1) is 0 Å². The average Bonchev–Trinajstić information content (AvgIpc) is 3.18. The van der Waals surface area contributed by atoms with Crippen LogP contribution in [0.3, 0.4) is 0 Å². The summed E-state index contributed by atoms with van der Waals surface area (Å²) in [6.45, 7) is 0.0185. The maximum atomic E-state index is 12.6. The number of ketones is 1. The molecule has 1 aromatic carbocycles. The molecule has 0 N–H and O–H groups in total. The fourth-order valence-corrected chi connectivity index (χ4v) is 2.16. The standard InChI is InChI=1S/C13H13F3N2O3/c1-8(19)11-5-4-10(6-12(11)18(20)21)17(9-2-3-9)7-13(14,15)16/h4-6,9H,2-3,7H2,1H3. The zero-order valence-electron chi connectivity index (χ0n) is 11.2. The second-order valence-electron chi connectivity index (χ2n) is 4.99. The molecule has 114 valence electrons. The zero-order chi connectivity index (χ0) is 15.8. The summed E-state index contributed by atoms with van der Waals surface area (Å²) in [4.78, 5) is 22.7. The van der Waals surface area contributed by atoms with Gasteiger partial charge in [-0.1, -0.05) is 0 Å². The van der Waals surface area contributed by atoms with Gasteiger partial charge in [0.05, 0.1) is 10.5 Å². The summed E-state index contributed by atoms with van der Waals surface area (Å²) in [5, 5.41) is 11.0. The summed E-state index contributed by atoms with van der Waals surface area (Å²) in [6.07, 6.45) is -3.15. The largest absolute Gasteiger partial charge is 0.405 e. The molecule has 0 atom stereocenters. The number of nitro groups is 1. The maximum Gasteiger partial charge on any atom is 0.405 e. The van der Waals surface area contributed by atoms with Crippen LogP contribution in [0.4, 0.5) is 24.5 Å². The molecule has 0 spiro atoms. The topological polar surface area (TPSA) is 63.5 Å². The van der Waals surface area contributed by atoms with Gasteiger partial charge in [0, 0.05) is 17.8 Å². The summed E-state index contributed by atoms with van der Waals surface area (Å²) in [6, 6.07) is 3.32. The monoisotopic (exact) mass is 302 g/mol. The van der Waals surface area contributed by atoms with Crippen molar-refractivity contribution in [3.63, 3.8) is 0 Å². The predicted molar refractivity (Wildman–Crippen MR) is 69.5 cm³/mol. The number of carbonyl (C=O) groups is 1. The van der Waals surface area contributed by atoms with E-state index in [9.17, 15) is 28.1 Å². The van der Waals surface area contributed by atoms with Crippen molar-refractivity contribution in [2.24, 2.45) is 0 Å². The van der Waals surface area contributed by atoms with Gasteiger partial charge in [0.1, 0.15) is 6.54 Å². The summed E-state index contributed by atoms with van der Waals surface area (Å²) in [5.74, 6) is -0.498. The van der Waals surface area contributed by atoms with Gasteiger partial charge < -0.3 is 4.90 Å². The van der Waals surface area contributed by atoms with Gasteiger partial charge >= 0.3 is 6.18 Å². The molecule has 1 aliphatic carbocycles. The van der Waals surface area contributed by atoms with E-state index in [1.54, 1.807) is 0 Å². The Morgan fingerprint density at radius 1 is 1.43 bits per heavy atom. The molecule has 21 heavy (non-hydrogen) atoms. The van der Waals surface area contributed by atoms with Crippen molar-refractivity contribution in [2.75, 3.05) is 11.4 Å². The number of anilines is 1. The summed E-state index contributed by atoms with van der Waals surface area (Å²) >= 11 is 0. The van der Waals surface area contributed by atoms with Crippen molar-refractivity contribution in [1.82, 2.24) is 0 Å². The normalized spacial score (nSPS) is 14.9. The van der Waals surface area contributed by atoms with Crippen LogP contribution in [0.1, 0.15) is 30.1 Å². The lowest BCUT2D eigenvalue weighted by atomic mass is 10.1. The fourth-order valence-electron chi connectivity index (χ4n) is 2.16. The van der Waals surface area contributed by atoms with E-state index < -0.39 is 29.1 Å². The van der Waals surface area contributed by atoms with E-state index in [1.165, 1.54) is 19.1 Å². The molecule has 1 saturated carbocycles. The molecule has 8 heteroatoms. The van der Waals surface area contributed by atoms with Crippen molar-refractivity contribution >= 4 is 17.2 Å². The van der Waals surface area contributed by atoms with E-state index in [-0.39, 0.29) is 17.3 Å². The van der Waals surface area contributed by atoms with E-state index in [0.29, 0.717) is 12.8 Å². The predicted octanol–water partition coefficient (Wildman–Crippen LogP) is 3.33. The van der Waals surface area contributed by atoms with Crippen LogP contribution in [0.5, 0.6) is 0 Å². The van der Waals surface area contributed by atoms with E-state index >= 15 is 0 Å². The highest BCUT2D eigenvalue weighted by Crippen LogP contribution is 2.36. The van der Waals surface area contributed by atoms with Gasteiger partial charge in [0.25, 0.3) is 5.69 Å². The maximum absolute atomic E-state index is 12.6. The molecule has 0 radical (unpaired) electrons. The summed E-state index contributed by atoms with van der Waals surface area (Å²) in [5.41, 5.74) is -0.453. The van der Waals surface area contributed by atoms with E-state index in [4.69, 9.17) is 0 Å². The second-order valence-corrected chi connectivity index (χ2v) is 4.99. The number of hydrogen-bond donors (Lipinski definition) is 0. The van der Waals surface area contributed by atoms with Gasteiger partial charge in [-0.05, 0) is 31.9 Å². The van der Waals surface area contributed by atoms with Crippen LogP contribution in [0, 0.1) is 10.1 Å². The van der Waals surface area contributed by atoms with E-state index in [0.717, 1.165) is 11.0 Å². The Labute approximate surface area is 118 Å². The lowest BCUT2D eigenvalue weighted by molar-refractivity contribution is -0.385. The number of halogens is 3. The highest BCUT2D eigenvalue weighted by Gasteiger charge is 2.38. The molecule has 0 aromatic heterocycles. The number of nitrogens with zero attached hydrogens (tertiary/aromatic N) is 2. The quantitative estimate of drug-likeness (QED) is 0.475. The van der Waals surface area contributed by atoms with Crippen molar-refractivity contribution in [3.8, 4) is 0 Å². The Hall–Kier alpha value is -2.12. The smallest absolute Gasteiger partial charge is 0.359 e. The third kappa shape index (κ3) is 3.71. The molecule has 0 saturated heterocycles. The molecule has 0 heterocycles. The molecule has 0 unspecified atom stereocenters. The third-order valence-corrected chi connectivity index (χ3v) is 3.23. The molecule has 0 bridgehead atoms. The van der Waals surface area contributed by atoms with Gasteiger partial charge in [0.15, 0.2) is 5.78 Å². The SMILES string of the molecule is CC(=O)c1ccc(N(CC(F)(F)F)C2CC2)cc1[N+](=O)[O-]. The van der Waals surface area contributed by atoms with Crippen LogP contribution in [0.2, 0.25) is 0 Å². The molecule has 0 amide bonds. The van der Waals surface area contributed by atoms with E-state index in [1.807, 2.05) is 0 Å². The van der Waals surface area contributed by atoms with Gasteiger partial charge in [-0.25, -0.2) is 0 Å². The number of alkyl halides is 3. The Morgan fingerprint density at radius 2 is 2.05 bits per heavy atom. The highest BCUT2D eigenvalue weighted by molar-refractivity contribution is 5.98. The molecular formula is C13H13F3N2O3. The van der Waals surface area contributed by atoms with Crippen molar-refractivity contribution < 1.29 is 22.9 Å². The first-order valence-electron chi connectivity index (χ1n) is 6.32. The molecule has 1 fully saturated rings. The Kier molecular flexibility index (Phi) is 3.89. The average molecular weight is 302 g/mol. The molecule has 0 aliphatic heterocycles. The zero-order valence-corrected chi connectivity index (χ0v) is 11.2. The number of Topliss-reactive ketones (excluding diaryl/α,β-unsaturated/α-hetero) is 1. The molecule has 1 aromatic rings. The van der Waals surface area contributed by atoms with Crippen LogP contribution in [-0.2, 0) is 0 Å². The van der Waals surface area contributed by atoms with Gasteiger partial charge in [-0.3, -0.25) is 14.9 Å². The first-order valence-corrected chi connectivity index (χ1v) is 6.32. The first kappa shape index (κ1) is 15.3. The van der Waals surface area contributed by atoms with Crippen molar-refractivity contribution in [2.45, 2.75) is 32.0 Å². The van der Waals surface area contributed by atoms with E-state index in [2.05, 4.69) is 0 Å². The summed E-state index contributed by atoms with van der Waals surface area (Å²) < 4.78 is 37.8. The molecule has 2 rings (SSSR count). The minimum atomic E-state index is -4.39. The minimum Gasteiger partial charge on any atom is -0.359 e. The molecular weight excluding hydrogens is 289 g/mol. The first-order chi connectivity index (χ1) is 9.69. The number of nitro benzene ring substituents is 1. The Balaban J connectivity index is 2.40. The van der Waals surface area contributed by atoms with Crippen LogP contribution >= 0.6 is 0 Å². The lowest BCUT2D eigenvalue weighted by Gasteiger charge is -2.25. The number of rotatable bonds is 5. The van der Waals surface area contributed by atoms with Crippen LogP contribution in [-0.4, -0.2) is 29.5 Å². The second kappa shape index (κ2) is 5.34. The number of benzene rings is 1. The van der Waals surface area contributed by atoms with Crippen LogP contribution in [0.15, 0.2) is 18.2 Å². The lowest BCUT2D eigenvalue weighted by Crippen LogP contribution is -2.36. The van der Waals surface area contributed by atoms with Crippen LogP contribution in [0.25, 0.3) is 0 Å². The third-order valence-electron chi connectivity index (χ3n) is 3.23. The Morgan fingerprint density at radius 3 is 2.48 bits per heavy atom. The van der Waals surface area contributed by atoms with Crippen molar-refractivity contribution in [1.29, 1.82) is 0 Å². The van der Waals surface area contributed by atoms with Gasteiger partial charge in [-0.2, -0.15) is 13.2 Å². The highest BCUT2D eigenvalue weighted by atomic mass is 19.4. The van der Waals surface area contributed by atoms with Crippen molar-refractivity contribution in [3.05, 3.63) is 33.9 Å². The van der Waals surface area contributed by atoms with Crippen LogP contribution < -0.4 is 4.90 Å². The summed E-state index contributed by atoms with van der Waals surface area (Å²) in [7, 11) is 0. The Bertz CT molecular complexity index is 583.